The number of benzene rings is 1. The number of hydrogen-bond acceptors (Lipinski definition) is 1. The molecule has 1 aliphatic rings. The van der Waals surface area contributed by atoms with Gasteiger partial charge >= 0.3 is 0 Å². The van der Waals surface area contributed by atoms with E-state index in [0.717, 1.165) is 12.3 Å². The van der Waals surface area contributed by atoms with Crippen LogP contribution in [0.25, 0.3) is 0 Å². The van der Waals surface area contributed by atoms with Crippen LogP contribution in [0, 0.1) is 5.92 Å². The van der Waals surface area contributed by atoms with E-state index in [1.54, 1.807) is 0 Å². The molecule has 0 fully saturated rings. The van der Waals surface area contributed by atoms with Crippen LogP contribution in [0.15, 0.2) is 18.2 Å². The van der Waals surface area contributed by atoms with Crippen LogP contribution in [0.5, 0.6) is 0 Å². The fourth-order valence-electron chi connectivity index (χ4n) is 2.52. The Morgan fingerprint density at radius 1 is 1.33 bits per heavy atom. The normalized spacial score (nSPS) is 25.4. The van der Waals surface area contributed by atoms with Crippen LogP contribution >= 0.6 is 0 Å². The number of fused-ring (bicyclic) bond motifs is 1. The minimum atomic E-state index is 0.252. The van der Waals surface area contributed by atoms with Gasteiger partial charge in [0.1, 0.15) is 0 Å². The fraction of sp³-hybridized carbons (Fsp3) is 0.571. The van der Waals surface area contributed by atoms with Crippen LogP contribution in [-0.2, 0) is 6.42 Å². The van der Waals surface area contributed by atoms with E-state index in [2.05, 4.69) is 39.0 Å². The van der Waals surface area contributed by atoms with E-state index < -0.39 is 0 Å². The zero-order chi connectivity index (χ0) is 11.0. The molecule has 0 aliphatic heterocycles. The van der Waals surface area contributed by atoms with Gasteiger partial charge in [0.05, 0.1) is 0 Å². The molecule has 0 aromatic heterocycles. The third-order valence-corrected chi connectivity index (χ3v) is 3.46. The predicted octanol–water partition coefficient (Wildman–Crippen LogP) is 3.39. The van der Waals surface area contributed by atoms with Gasteiger partial charge in [-0.1, -0.05) is 39.0 Å². The lowest BCUT2D eigenvalue weighted by atomic mass is 9.80. The molecule has 0 heterocycles. The summed E-state index contributed by atoms with van der Waals surface area (Å²) in [5.74, 6) is 1.33. The average Bonchev–Trinajstić information content (AvgIpc) is 2.16. The summed E-state index contributed by atoms with van der Waals surface area (Å²) in [7, 11) is 0. The molecule has 2 rings (SSSR count). The van der Waals surface area contributed by atoms with Crippen molar-refractivity contribution in [2.45, 2.75) is 45.6 Å². The lowest BCUT2D eigenvalue weighted by molar-refractivity contribution is 0.438. The molecule has 0 amide bonds. The molecule has 15 heavy (non-hydrogen) atoms. The second-order valence-electron chi connectivity index (χ2n) is 5.26. The first-order valence-electron chi connectivity index (χ1n) is 5.96. The lowest BCUT2D eigenvalue weighted by Crippen LogP contribution is -2.22. The minimum Gasteiger partial charge on any atom is -0.324 e. The predicted molar refractivity (Wildman–Crippen MR) is 64.9 cm³/mol. The van der Waals surface area contributed by atoms with Gasteiger partial charge in [0.15, 0.2) is 0 Å². The van der Waals surface area contributed by atoms with E-state index in [-0.39, 0.29) is 6.04 Å². The topological polar surface area (TPSA) is 26.0 Å². The average molecular weight is 203 g/mol. The van der Waals surface area contributed by atoms with E-state index in [1.807, 2.05) is 0 Å². The van der Waals surface area contributed by atoms with Crippen molar-refractivity contribution >= 4 is 0 Å². The van der Waals surface area contributed by atoms with Crippen molar-refractivity contribution < 1.29 is 0 Å². The van der Waals surface area contributed by atoms with Gasteiger partial charge in [0.25, 0.3) is 0 Å². The summed E-state index contributed by atoms with van der Waals surface area (Å²) in [5.41, 5.74) is 10.5. The molecular weight excluding hydrogens is 182 g/mol. The van der Waals surface area contributed by atoms with Gasteiger partial charge in [-0.2, -0.15) is 0 Å². The highest BCUT2D eigenvalue weighted by Gasteiger charge is 2.22. The lowest BCUT2D eigenvalue weighted by Gasteiger charge is -2.28. The van der Waals surface area contributed by atoms with Crippen molar-refractivity contribution in [2.24, 2.45) is 11.7 Å². The van der Waals surface area contributed by atoms with Crippen molar-refractivity contribution in [3.63, 3.8) is 0 Å². The number of rotatable bonds is 1. The fourth-order valence-corrected chi connectivity index (χ4v) is 2.52. The first-order valence-corrected chi connectivity index (χ1v) is 5.96. The Kier molecular flexibility index (Phi) is 2.83. The Balaban J connectivity index is 2.39. The van der Waals surface area contributed by atoms with Crippen LogP contribution in [0.3, 0.4) is 0 Å². The van der Waals surface area contributed by atoms with Crippen molar-refractivity contribution in [1.29, 1.82) is 0 Å². The highest BCUT2D eigenvalue weighted by molar-refractivity contribution is 5.37. The van der Waals surface area contributed by atoms with Crippen LogP contribution in [0.1, 0.15) is 55.8 Å². The smallest absolute Gasteiger partial charge is 0.0300 e. The highest BCUT2D eigenvalue weighted by Crippen LogP contribution is 2.33. The van der Waals surface area contributed by atoms with E-state index in [9.17, 15) is 0 Å². The second-order valence-corrected chi connectivity index (χ2v) is 5.26. The SMILES string of the molecule is CC1Cc2ccc(C(C)C)cc2C(N)C1. The maximum Gasteiger partial charge on any atom is 0.0300 e. The summed E-state index contributed by atoms with van der Waals surface area (Å²) in [6.45, 7) is 6.76. The zero-order valence-corrected chi connectivity index (χ0v) is 9.96. The summed E-state index contributed by atoms with van der Waals surface area (Å²) in [6, 6.07) is 7.10. The van der Waals surface area contributed by atoms with Crippen LogP contribution < -0.4 is 5.73 Å². The van der Waals surface area contributed by atoms with Gasteiger partial charge in [0.2, 0.25) is 0 Å². The summed E-state index contributed by atoms with van der Waals surface area (Å²) in [6.07, 6.45) is 2.33. The molecule has 2 N–H and O–H groups in total. The van der Waals surface area contributed by atoms with Gasteiger partial charge in [-0.15, -0.1) is 0 Å². The molecular formula is C14H21N. The Labute approximate surface area is 92.7 Å². The molecule has 2 atom stereocenters. The van der Waals surface area contributed by atoms with Crippen molar-refractivity contribution in [3.8, 4) is 0 Å². The van der Waals surface area contributed by atoms with E-state index in [0.29, 0.717) is 5.92 Å². The largest absolute Gasteiger partial charge is 0.324 e. The first kappa shape index (κ1) is 10.7. The van der Waals surface area contributed by atoms with E-state index in [4.69, 9.17) is 5.73 Å². The van der Waals surface area contributed by atoms with Gasteiger partial charge in [-0.25, -0.2) is 0 Å². The number of nitrogens with two attached hydrogens (primary N) is 1. The molecule has 1 nitrogen and oxygen atoms in total. The third kappa shape index (κ3) is 2.07. The molecule has 1 heteroatoms. The van der Waals surface area contributed by atoms with Gasteiger partial charge in [-0.05, 0) is 41.4 Å². The number of hydrogen-bond donors (Lipinski definition) is 1. The summed E-state index contributed by atoms with van der Waals surface area (Å²) in [5, 5.41) is 0. The maximum atomic E-state index is 6.21. The molecule has 0 radical (unpaired) electrons. The molecule has 1 aliphatic carbocycles. The molecule has 0 saturated heterocycles. The Hall–Kier alpha value is -0.820. The van der Waals surface area contributed by atoms with Gasteiger partial charge < -0.3 is 5.73 Å². The quantitative estimate of drug-likeness (QED) is 0.744. The minimum absolute atomic E-state index is 0.252. The van der Waals surface area contributed by atoms with E-state index in [1.165, 1.54) is 23.1 Å². The first-order chi connectivity index (χ1) is 7.08. The van der Waals surface area contributed by atoms with Gasteiger partial charge in [0, 0.05) is 6.04 Å². The van der Waals surface area contributed by atoms with Crippen LogP contribution in [-0.4, -0.2) is 0 Å². The molecule has 1 aromatic carbocycles. The summed E-state index contributed by atoms with van der Waals surface area (Å²) < 4.78 is 0. The van der Waals surface area contributed by atoms with E-state index >= 15 is 0 Å². The molecule has 0 spiro atoms. The maximum absolute atomic E-state index is 6.21. The summed E-state index contributed by atoms with van der Waals surface area (Å²) >= 11 is 0. The highest BCUT2D eigenvalue weighted by atomic mass is 14.6. The molecule has 1 aromatic rings. The van der Waals surface area contributed by atoms with Crippen LogP contribution in [0.4, 0.5) is 0 Å². The Morgan fingerprint density at radius 3 is 2.73 bits per heavy atom. The Bertz CT molecular complexity index is 354. The standard InChI is InChI=1S/C14H21N/c1-9(2)11-4-5-12-6-10(3)7-14(15)13(12)8-11/h4-5,8-10,14H,6-7,15H2,1-3H3. The van der Waals surface area contributed by atoms with Crippen molar-refractivity contribution in [2.75, 3.05) is 0 Å². The second kappa shape index (κ2) is 3.97. The zero-order valence-electron chi connectivity index (χ0n) is 9.96. The van der Waals surface area contributed by atoms with Crippen LogP contribution in [0.2, 0.25) is 0 Å². The van der Waals surface area contributed by atoms with Crippen molar-refractivity contribution in [3.05, 3.63) is 34.9 Å². The molecule has 82 valence electrons. The molecule has 0 saturated carbocycles. The monoisotopic (exact) mass is 203 g/mol. The Morgan fingerprint density at radius 2 is 2.07 bits per heavy atom. The molecule has 0 bridgehead atoms. The molecule has 2 unspecified atom stereocenters. The van der Waals surface area contributed by atoms with Gasteiger partial charge in [-0.3, -0.25) is 0 Å². The van der Waals surface area contributed by atoms with Crippen molar-refractivity contribution in [1.82, 2.24) is 0 Å². The summed E-state index contributed by atoms with van der Waals surface area (Å²) in [4.78, 5) is 0. The third-order valence-electron chi connectivity index (χ3n) is 3.46.